The molecule has 0 aliphatic carbocycles. The van der Waals surface area contributed by atoms with E-state index in [0.29, 0.717) is 0 Å². The fraction of sp³-hybridized carbons (Fsp3) is 0.286. The van der Waals surface area contributed by atoms with Crippen LogP contribution < -0.4 is 4.90 Å². The molecule has 0 unspecified atom stereocenters. The molecule has 2 aromatic heterocycles. The van der Waals surface area contributed by atoms with Gasteiger partial charge in [-0.3, -0.25) is 0 Å². The minimum Gasteiger partial charge on any atom is -0.370 e. The van der Waals surface area contributed by atoms with Crippen LogP contribution in [0.4, 0.5) is 5.69 Å². The molecule has 1 aromatic carbocycles. The molecule has 1 N–H and O–H groups in total. The Morgan fingerprint density at radius 1 is 1.26 bits per heavy atom. The normalized spacial score (nSPS) is 14.8. The molecule has 1 aliphatic heterocycles. The van der Waals surface area contributed by atoms with Gasteiger partial charge in [0.2, 0.25) is 0 Å². The van der Waals surface area contributed by atoms with Crippen LogP contribution in [-0.4, -0.2) is 32.8 Å². The molecule has 4 rings (SSSR count). The third-order valence-electron chi connectivity index (χ3n) is 3.73. The van der Waals surface area contributed by atoms with Crippen molar-refractivity contribution < 1.29 is 0 Å². The number of nitrogens with zero attached hydrogens (tertiary/aromatic N) is 4. The van der Waals surface area contributed by atoms with E-state index in [0.717, 1.165) is 6.54 Å². The average molecular weight is 253 g/mol. The Balaban J connectivity index is 1.72. The summed E-state index contributed by atoms with van der Waals surface area (Å²) in [6.07, 6.45) is 6.73. The van der Waals surface area contributed by atoms with Crippen LogP contribution >= 0.6 is 0 Å². The SMILES string of the molecule is c1ncn(Cc2ccc3[nH]cc(N4CCC4)c3c2)n1. The largest absolute Gasteiger partial charge is 0.370 e. The van der Waals surface area contributed by atoms with Crippen molar-refractivity contribution in [3.63, 3.8) is 0 Å². The van der Waals surface area contributed by atoms with Gasteiger partial charge < -0.3 is 9.88 Å². The highest BCUT2D eigenvalue weighted by Gasteiger charge is 2.17. The zero-order valence-corrected chi connectivity index (χ0v) is 10.6. The molecule has 19 heavy (non-hydrogen) atoms. The number of H-pyrrole nitrogens is 1. The van der Waals surface area contributed by atoms with Crippen molar-refractivity contribution in [2.75, 3.05) is 18.0 Å². The number of anilines is 1. The molecule has 0 bridgehead atoms. The topological polar surface area (TPSA) is 49.7 Å². The molecule has 0 atom stereocenters. The second kappa shape index (κ2) is 4.12. The highest BCUT2D eigenvalue weighted by atomic mass is 15.3. The number of nitrogens with one attached hydrogen (secondary N) is 1. The minimum absolute atomic E-state index is 0.764. The highest BCUT2D eigenvalue weighted by Crippen LogP contribution is 2.30. The van der Waals surface area contributed by atoms with Gasteiger partial charge >= 0.3 is 0 Å². The molecule has 0 amide bonds. The third kappa shape index (κ3) is 1.78. The molecular weight excluding hydrogens is 238 g/mol. The second-order valence-electron chi connectivity index (χ2n) is 4.99. The van der Waals surface area contributed by atoms with Gasteiger partial charge in [0.1, 0.15) is 12.7 Å². The van der Waals surface area contributed by atoms with Gasteiger partial charge in [0, 0.05) is 30.2 Å². The molecule has 1 aliphatic rings. The van der Waals surface area contributed by atoms with Crippen molar-refractivity contribution in [3.05, 3.63) is 42.6 Å². The van der Waals surface area contributed by atoms with Crippen LogP contribution in [0.1, 0.15) is 12.0 Å². The quantitative estimate of drug-likeness (QED) is 0.777. The molecule has 0 spiro atoms. The van der Waals surface area contributed by atoms with E-state index in [1.165, 1.54) is 41.7 Å². The Hall–Kier alpha value is -2.30. The second-order valence-corrected chi connectivity index (χ2v) is 4.99. The van der Waals surface area contributed by atoms with Gasteiger partial charge in [-0.1, -0.05) is 6.07 Å². The van der Waals surface area contributed by atoms with E-state index in [4.69, 9.17) is 0 Å². The third-order valence-corrected chi connectivity index (χ3v) is 3.73. The van der Waals surface area contributed by atoms with Crippen molar-refractivity contribution in [2.45, 2.75) is 13.0 Å². The summed E-state index contributed by atoms with van der Waals surface area (Å²) in [7, 11) is 0. The number of hydrogen-bond acceptors (Lipinski definition) is 3. The van der Waals surface area contributed by atoms with Crippen LogP contribution in [-0.2, 0) is 6.54 Å². The van der Waals surface area contributed by atoms with Crippen LogP contribution in [0.3, 0.4) is 0 Å². The maximum atomic E-state index is 4.15. The van der Waals surface area contributed by atoms with Gasteiger partial charge in [-0.25, -0.2) is 9.67 Å². The molecule has 1 fully saturated rings. The zero-order chi connectivity index (χ0) is 12.7. The van der Waals surface area contributed by atoms with Gasteiger partial charge in [-0.2, -0.15) is 5.10 Å². The van der Waals surface area contributed by atoms with Gasteiger partial charge in [-0.15, -0.1) is 0 Å². The van der Waals surface area contributed by atoms with Crippen LogP contribution in [0, 0.1) is 0 Å². The summed E-state index contributed by atoms with van der Waals surface area (Å²) in [6.45, 7) is 3.10. The van der Waals surface area contributed by atoms with Gasteiger partial charge in [0.15, 0.2) is 0 Å². The lowest BCUT2D eigenvalue weighted by Crippen LogP contribution is -2.36. The summed E-state index contributed by atoms with van der Waals surface area (Å²) in [4.78, 5) is 9.74. The predicted molar refractivity (Wildman–Crippen MR) is 74.3 cm³/mol. The standard InChI is InChI=1S/C14H15N5/c1-4-18(5-1)14-7-16-13-3-2-11(6-12(13)14)8-19-10-15-9-17-19/h2-3,6-7,9-10,16H,1,4-5,8H2. The summed E-state index contributed by atoms with van der Waals surface area (Å²) < 4.78 is 1.84. The average Bonchev–Trinajstić information content (AvgIpc) is 2.98. The van der Waals surface area contributed by atoms with Crippen molar-refractivity contribution in [3.8, 4) is 0 Å². The van der Waals surface area contributed by atoms with E-state index in [1.54, 1.807) is 12.7 Å². The van der Waals surface area contributed by atoms with E-state index < -0.39 is 0 Å². The highest BCUT2D eigenvalue weighted by molar-refractivity contribution is 5.93. The molecule has 3 aromatic rings. The fourth-order valence-electron chi connectivity index (χ4n) is 2.57. The van der Waals surface area contributed by atoms with E-state index in [2.05, 4.69) is 44.4 Å². The molecule has 1 saturated heterocycles. The Labute approximate surface area is 110 Å². The smallest absolute Gasteiger partial charge is 0.137 e. The minimum atomic E-state index is 0.764. The fourth-order valence-corrected chi connectivity index (χ4v) is 2.57. The number of benzene rings is 1. The summed E-state index contributed by atoms with van der Waals surface area (Å²) in [5.74, 6) is 0. The van der Waals surface area contributed by atoms with Crippen molar-refractivity contribution in [2.24, 2.45) is 0 Å². The summed E-state index contributed by atoms with van der Waals surface area (Å²) in [5, 5.41) is 5.45. The molecule has 0 radical (unpaired) electrons. The Morgan fingerprint density at radius 3 is 2.95 bits per heavy atom. The van der Waals surface area contributed by atoms with E-state index >= 15 is 0 Å². The molecule has 96 valence electrons. The van der Waals surface area contributed by atoms with Crippen LogP contribution in [0.2, 0.25) is 0 Å². The molecule has 5 nitrogen and oxygen atoms in total. The lowest BCUT2D eigenvalue weighted by Gasteiger charge is -2.32. The maximum Gasteiger partial charge on any atom is 0.137 e. The van der Waals surface area contributed by atoms with Crippen LogP contribution in [0.25, 0.3) is 10.9 Å². The Bertz CT molecular complexity index is 694. The first-order valence-electron chi connectivity index (χ1n) is 6.57. The maximum absolute atomic E-state index is 4.15. The first-order valence-corrected chi connectivity index (χ1v) is 6.57. The predicted octanol–water partition coefficient (Wildman–Crippen LogP) is 2.02. The lowest BCUT2D eigenvalue weighted by atomic mass is 10.1. The number of aromatic nitrogens is 4. The van der Waals surface area contributed by atoms with E-state index in [1.807, 2.05) is 4.68 Å². The van der Waals surface area contributed by atoms with Crippen molar-refractivity contribution in [1.29, 1.82) is 0 Å². The van der Waals surface area contributed by atoms with Gasteiger partial charge in [0.25, 0.3) is 0 Å². The first kappa shape index (κ1) is 10.6. The van der Waals surface area contributed by atoms with Crippen molar-refractivity contribution >= 4 is 16.6 Å². The molecule has 5 heteroatoms. The van der Waals surface area contributed by atoms with Crippen LogP contribution in [0.5, 0.6) is 0 Å². The summed E-state index contributed by atoms with van der Waals surface area (Å²) in [6, 6.07) is 6.53. The first-order chi connectivity index (χ1) is 9.40. The monoisotopic (exact) mass is 253 g/mol. The number of hydrogen-bond donors (Lipinski definition) is 1. The Morgan fingerprint density at radius 2 is 2.21 bits per heavy atom. The summed E-state index contributed by atoms with van der Waals surface area (Å²) >= 11 is 0. The lowest BCUT2D eigenvalue weighted by molar-refractivity contribution is 0.620. The van der Waals surface area contributed by atoms with E-state index in [9.17, 15) is 0 Å². The zero-order valence-electron chi connectivity index (χ0n) is 10.6. The Kier molecular flexibility index (Phi) is 2.30. The molecular formula is C14H15N5. The van der Waals surface area contributed by atoms with Gasteiger partial charge in [0.05, 0.1) is 12.2 Å². The molecule has 0 saturated carbocycles. The number of rotatable bonds is 3. The van der Waals surface area contributed by atoms with E-state index in [-0.39, 0.29) is 0 Å². The van der Waals surface area contributed by atoms with Crippen molar-refractivity contribution in [1.82, 2.24) is 19.7 Å². The summed E-state index contributed by atoms with van der Waals surface area (Å²) in [5.41, 5.74) is 3.77. The molecule has 3 heterocycles. The number of aromatic amines is 1. The van der Waals surface area contributed by atoms with Crippen LogP contribution in [0.15, 0.2) is 37.1 Å². The van der Waals surface area contributed by atoms with Gasteiger partial charge in [-0.05, 0) is 24.1 Å². The number of fused-ring (bicyclic) bond motifs is 1.